The molecule has 0 rings (SSSR count). The van der Waals surface area contributed by atoms with Crippen LogP contribution in [0.4, 0.5) is 4.79 Å². The summed E-state index contributed by atoms with van der Waals surface area (Å²) in [5.74, 6) is 0. The van der Waals surface area contributed by atoms with E-state index in [1.807, 2.05) is 20.8 Å². The van der Waals surface area contributed by atoms with E-state index < -0.39 is 17.8 Å². The number of unbranched alkanes of at least 4 members (excludes halogenated alkanes) is 1. The Labute approximate surface area is 98.4 Å². The van der Waals surface area contributed by atoms with Crippen LogP contribution in [0.2, 0.25) is 0 Å². The number of carbonyl (C=O) groups is 1. The summed E-state index contributed by atoms with van der Waals surface area (Å²) >= 11 is 0. The second-order valence-electron chi connectivity index (χ2n) is 5.14. The van der Waals surface area contributed by atoms with Gasteiger partial charge < -0.3 is 15.2 Å². The van der Waals surface area contributed by atoms with Gasteiger partial charge in [0.05, 0.1) is 12.1 Å². The van der Waals surface area contributed by atoms with Crippen LogP contribution in [-0.2, 0) is 4.74 Å². The van der Waals surface area contributed by atoms with Gasteiger partial charge in [0, 0.05) is 0 Å². The average Bonchev–Trinajstić information content (AvgIpc) is 2.10. The number of rotatable bonds is 5. The first-order chi connectivity index (χ1) is 7.26. The van der Waals surface area contributed by atoms with Crippen molar-refractivity contribution in [3.05, 3.63) is 0 Å². The molecule has 0 saturated heterocycles. The molecule has 0 unspecified atom stereocenters. The molecule has 0 heterocycles. The molecule has 0 aromatic rings. The third-order valence-corrected chi connectivity index (χ3v) is 2.18. The van der Waals surface area contributed by atoms with Crippen LogP contribution in [0.5, 0.6) is 0 Å². The Morgan fingerprint density at radius 1 is 1.44 bits per heavy atom. The van der Waals surface area contributed by atoms with Gasteiger partial charge >= 0.3 is 6.09 Å². The summed E-state index contributed by atoms with van der Waals surface area (Å²) in [5.41, 5.74) is -0.502. The molecule has 16 heavy (non-hydrogen) atoms. The van der Waals surface area contributed by atoms with Crippen molar-refractivity contribution in [3.8, 4) is 0 Å². The zero-order valence-corrected chi connectivity index (χ0v) is 11.0. The van der Waals surface area contributed by atoms with Crippen LogP contribution < -0.4 is 5.32 Å². The van der Waals surface area contributed by atoms with Crippen molar-refractivity contribution >= 4 is 6.09 Å². The Hall–Kier alpha value is -0.770. The fourth-order valence-corrected chi connectivity index (χ4v) is 1.25. The fourth-order valence-electron chi connectivity index (χ4n) is 1.25. The number of aliphatic hydroxyl groups excluding tert-OH is 1. The van der Waals surface area contributed by atoms with Gasteiger partial charge in [0.2, 0.25) is 0 Å². The molecule has 1 amide bonds. The molecule has 96 valence electrons. The third kappa shape index (κ3) is 7.51. The lowest BCUT2D eigenvalue weighted by molar-refractivity contribution is 0.0427. The minimum atomic E-state index is -0.507. The highest BCUT2D eigenvalue weighted by Crippen LogP contribution is 2.08. The highest BCUT2D eigenvalue weighted by atomic mass is 16.6. The number of aliphatic hydroxyl groups is 1. The molecule has 4 heteroatoms. The van der Waals surface area contributed by atoms with Gasteiger partial charge in [0.1, 0.15) is 5.60 Å². The molecule has 0 aromatic heterocycles. The summed E-state index contributed by atoms with van der Waals surface area (Å²) in [4.78, 5) is 11.4. The fraction of sp³-hybridized carbons (Fsp3) is 0.917. The lowest BCUT2D eigenvalue weighted by Crippen LogP contribution is -2.43. The van der Waals surface area contributed by atoms with Crippen molar-refractivity contribution in [1.29, 1.82) is 0 Å². The van der Waals surface area contributed by atoms with Crippen molar-refractivity contribution in [3.63, 3.8) is 0 Å². The predicted octanol–water partition coefficient (Wildman–Crippen LogP) is 2.45. The first-order valence-corrected chi connectivity index (χ1v) is 5.94. The zero-order chi connectivity index (χ0) is 12.8. The van der Waals surface area contributed by atoms with Crippen LogP contribution in [0.1, 0.15) is 53.9 Å². The van der Waals surface area contributed by atoms with E-state index in [0.29, 0.717) is 6.42 Å². The molecule has 0 fully saturated rings. The molecule has 0 radical (unpaired) electrons. The number of carbonyl (C=O) groups excluding carboxylic acids is 1. The highest BCUT2D eigenvalue weighted by molar-refractivity contribution is 5.68. The van der Waals surface area contributed by atoms with E-state index in [-0.39, 0.29) is 6.04 Å². The normalized spacial score (nSPS) is 15.4. The topological polar surface area (TPSA) is 58.6 Å². The van der Waals surface area contributed by atoms with Crippen LogP contribution in [0.3, 0.4) is 0 Å². The number of hydrogen-bond acceptors (Lipinski definition) is 3. The molecule has 2 atom stereocenters. The van der Waals surface area contributed by atoms with Gasteiger partial charge in [-0.1, -0.05) is 19.8 Å². The number of nitrogens with one attached hydrogen (secondary N) is 1. The monoisotopic (exact) mass is 231 g/mol. The van der Waals surface area contributed by atoms with Gasteiger partial charge in [0.25, 0.3) is 0 Å². The van der Waals surface area contributed by atoms with Crippen molar-refractivity contribution in [2.45, 2.75) is 71.6 Å². The van der Waals surface area contributed by atoms with Gasteiger partial charge in [-0.05, 0) is 34.1 Å². The van der Waals surface area contributed by atoms with E-state index in [2.05, 4.69) is 12.2 Å². The summed E-state index contributed by atoms with van der Waals surface area (Å²) in [5, 5.41) is 12.4. The van der Waals surface area contributed by atoms with Gasteiger partial charge in [-0.2, -0.15) is 0 Å². The smallest absolute Gasteiger partial charge is 0.407 e. The number of alkyl carbamates (subject to hydrolysis) is 1. The lowest BCUT2D eigenvalue weighted by atomic mass is 10.1. The van der Waals surface area contributed by atoms with Crippen molar-refractivity contribution in [1.82, 2.24) is 5.32 Å². The Bertz CT molecular complexity index is 211. The molecule has 0 saturated carbocycles. The largest absolute Gasteiger partial charge is 0.444 e. The van der Waals surface area contributed by atoms with Gasteiger partial charge in [0.15, 0.2) is 0 Å². The van der Waals surface area contributed by atoms with E-state index in [1.54, 1.807) is 6.92 Å². The average molecular weight is 231 g/mol. The predicted molar refractivity (Wildman–Crippen MR) is 64.4 cm³/mol. The molecule has 0 bridgehead atoms. The standard InChI is InChI=1S/C12H25NO3/c1-6-7-8-10(14)9(2)13-11(15)16-12(3,4)5/h9-10,14H,6-8H2,1-5H3,(H,13,15)/t9-,10-/m0/s1. The second kappa shape index (κ2) is 6.74. The molecule has 0 spiro atoms. The molecule has 2 N–H and O–H groups in total. The van der Waals surface area contributed by atoms with Crippen LogP contribution in [0.25, 0.3) is 0 Å². The van der Waals surface area contributed by atoms with E-state index in [0.717, 1.165) is 12.8 Å². The second-order valence-corrected chi connectivity index (χ2v) is 5.14. The Morgan fingerprint density at radius 2 is 2.00 bits per heavy atom. The van der Waals surface area contributed by atoms with Gasteiger partial charge in [-0.25, -0.2) is 4.79 Å². The van der Waals surface area contributed by atoms with E-state index in [9.17, 15) is 9.90 Å². The zero-order valence-electron chi connectivity index (χ0n) is 11.0. The Balaban J connectivity index is 3.94. The number of hydrogen-bond donors (Lipinski definition) is 2. The third-order valence-electron chi connectivity index (χ3n) is 2.18. The van der Waals surface area contributed by atoms with Gasteiger partial charge in [-0.3, -0.25) is 0 Å². The summed E-state index contributed by atoms with van der Waals surface area (Å²) in [7, 11) is 0. The van der Waals surface area contributed by atoms with E-state index >= 15 is 0 Å². The van der Waals surface area contributed by atoms with Crippen molar-refractivity contribution in [2.24, 2.45) is 0 Å². The molecule has 0 aliphatic heterocycles. The first-order valence-electron chi connectivity index (χ1n) is 5.94. The van der Waals surface area contributed by atoms with Crippen LogP contribution in [-0.4, -0.2) is 28.9 Å². The lowest BCUT2D eigenvalue weighted by Gasteiger charge is -2.24. The van der Waals surface area contributed by atoms with Gasteiger partial charge in [-0.15, -0.1) is 0 Å². The maximum atomic E-state index is 11.4. The minimum absolute atomic E-state index is 0.276. The quantitative estimate of drug-likeness (QED) is 0.764. The first kappa shape index (κ1) is 15.2. The van der Waals surface area contributed by atoms with Crippen LogP contribution in [0.15, 0.2) is 0 Å². The van der Waals surface area contributed by atoms with Crippen LogP contribution >= 0.6 is 0 Å². The molecular weight excluding hydrogens is 206 g/mol. The van der Waals surface area contributed by atoms with Crippen molar-refractivity contribution in [2.75, 3.05) is 0 Å². The number of amides is 1. The molecule has 0 aliphatic carbocycles. The van der Waals surface area contributed by atoms with Crippen molar-refractivity contribution < 1.29 is 14.6 Å². The molecule has 0 aromatic carbocycles. The number of ether oxygens (including phenoxy) is 1. The summed E-state index contributed by atoms with van der Waals surface area (Å²) in [6.07, 6.45) is 1.72. The summed E-state index contributed by atoms with van der Waals surface area (Å²) in [6.45, 7) is 9.28. The molecule has 4 nitrogen and oxygen atoms in total. The van der Waals surface area contributed by atoms with Crippen LogP contribution in [0, 0.1) is 0 Å². The molecular formula is C12H25NO3. The van der Waals surface area contributed by atoms with E-state index in [1.165, 1.54) is 0 Å². The summed E-state index contributed by atoms with van der Waals surface area (Å²) < 4.78 is 5.10. The Kier molecular flexibility index (Phi) is 6.41. The highest BCUT2D eigenvalue weighted by Gasteiger charge is 2.20. The SMILES string of the molecule is CCCC[C@H](O)[C@H](C)NC(=O)OC(C)(C)C. The Morgan fingerprint density at radius 3 is 2.44 bits per heavy atom. The summed E-state index contributed by atoms with van der Waals surface area (Å²) in [6, 6.07) is -0.276. The van der Waals surface area contributed by atoms with E-state index in [4.69, 9.17) is 4.74 Å². The maximum Gasteiger partial charge on any atom is 0.407 e. The molecule has 0 aliphatic rings. The maximum absolute atomic E-state index is 11.4. The minimum Gasteiger partial charge on any atom is -0.444 e.